The molecule has 0 heterocycles. The second kappa shape index (κ2) is 11.2. The summed E-state index contributed by atoms with van der Waals surface area (Å²) in [7, 11) is 1.29. The molecule has 0 saturated heterocycles. The van der Waals surface area contributed by atoms with Gasteiger partial charge in [0.15, 0.2) is 0 Å². The normalized spacial score (nSPS) is 17.2. The van der Waals surface area contributed by atoms with Gasteiger partial charge in [-0.05, 0) is 44.2 Å². The predicted octanol–water partition coefficient (Wildman–Crippen LogP) is 4.77. The maximum atomic E-state index is 14.9. The fourth-order valence-electron chi connectivity index (χ4n) is 4.42. The van der Waals surface area contributed by atoms with Crippen molar-refractivity contribution in [3.05, 3.63) is 35.7 Å². The number of ether oxygens (including phenoxy) is 1. The zero-order valence-corrected chi connectivity index (χ0v) is 18.4. The Labute approximate surface area is 184 Å². The summed E-state index contributed by atoms with van der Waals surface area (Å²) in [6, 6.07) is 3.61. The Kier molecular flexibility index (Phi) is 8.32. The maximum Gasteiger partial charge on any atom is 0.333 e. The van der Waals surface area contributed by atoms with Crippen molar-refractivity contribution in [2.45, 2.75) is 76.3 Å². The molecule has 31 heavy (non-hydrogen) atoms. The first-order valence-corrected chi connectivity index (χ1v) is 11.4. The highest BCUT2D eigenvalue weighted by molar-refractivity contribution is 6.00. The summed E-state index contributed by atoms with van der Waals surface area (Å²) in [5, 5.41) is 9.58. The van der Waals surface area contributed by atoms with Crippen LogP contribution in [0.1, 0.15) is 74.6 Å². The first kappa shape index (κ1) is 23.1. The zero-order chi connectivity index (χ0) is 22.2. The number of rotatable bonds is 9. The quantitative estimate of drug-likeness (QED) is 0.388. The molecule has 6 nitrogen and oxygen atoms in total. The minimum atomic E-state index is -0.498. The molecule has 2 saturated carbocycles. The monoisotopic (exact) mass is 431 g/mol. The van der Waals surface area contributed by atoms with Gasteiger partial charge in [0, 0.05) is 29.9 Å². The fraction of sp³-hybridized carbons (Fsp3) is 0.583. The first-order valence-electron chi connectivity index (χ1n) is 11.4. The zero-order valence-electron chi connectivity index (χ0n) is 18.4. The Hall–Kier alpha value is -2.57. The summed E-state index contributed by atoms with van der Waals surface area (Å²) in [5.74, 6) is -1.30. The van der Waals surface area contributed by atoms with Crippen LogP contribution >= 0.6 is 0 Å². The summed E-state index contributed by atoms with van der Waals surface area (Å²) in [6.45, 7) is 3.88. The third-order valence-electron chi connectivity index (χ3n) is 6.22. The number of carbonyl (C=O) groups excluding carboxylic acids is 2. The largest absolute Gasteiger partial charge is 0.466 e. The van der Waals surface area contributed by atoms with E-state index in [1.165, 1.54) is 19.6 Å². The van der Waals surface area contributed by atoms with E-state index in [4.69, 9.17) is 0 Å². The lowest BCUT2D eigenvalue weighted by Crippen LogP contribution is -2.28. The highest BCUT2D eigenvalue weighted by Crippen LogP contribution is 2.31. The van der Waals surface area contributed by atoms with Crippen molar-refractivity contribution in [3.8, 4) is 0 Å². The van der Waals surface area contributed by atoms with Crippen molar-refractivity contribution < 1.29 is 18.7 Å². The van der Waals surface area contributed by atoms with Crippen molar-refractivity contribution in [2.75, 3.05) is 24.3 Å². The van der Waals surface area contributed by atoms with Crippen molar-refractivity contribution >= 4 is 23.3 Å². The van der Waals surface area contributed by atoms with E-state index in [1.807, 2.05) is 0 Å². The third kappa shape index (κ3) is 6.45. The molecule has 3 rings (SSSR count). The molecule has 1 aromatic rings. The van der Waals surface area contributed by atoms with Gasteiger partial charge < -0.3 is 20.7 Å². The Morgan fingerprint density at radius 3 is 2.19 bits per heavy atom. The molecule has 0 bridgehead atoms. The number of benzene rings is 1. The van der Waals surface area contributed by atoms with E-state index in [1.54, 1.807) is 6.07 Å². The molecule has 0 aliphatic heterocycles. The average Bonchev–Trinajstić information content (AvgIpc) is 3.28. The van der Waals surface area contributed by atoms with Crippen LogP contribution in [0.15, 0.2) is 24.3 Å². The standard InChI is InChI=1S/C24H34FN3O3/c1-16(24(30)31-2)12-13-26-23(29)19-14-20(25)22(28-18-8-4-3-5-9-18)15-21(19)27-17-10-6-7-11-17/h14-15,17-18,27-28H,1,3-13H2,2H3,(H,26,29). The molecular formula is C24H34FN3O3. The molecule has 0 atom stereocenters. The topological polar surface area (TPSA) is 79.5 Å². The number of nitrogens with one attached hydrogen (secondary N) is 3. The van der Waals surface area contributed by atoms with Crippen LogP contribution < -0.4 is 16.0 Å². The smallest absolute Gasteiger partial charge is 0.333 e. The minimum absolute atomic E-state index is 0.222. The van der Waals surface area contributed by atoms with Gasteiger partial charge in [-0.2, -0.15) is 0 Å². The number of hydrogen-bond acceptors (Lipinski definition) is 5. The van der Waals surface area contributed by atoms with E-state index in [0.717, 1.165) is 51.4 Å². The van der Waals surface area contributed by atoms with Gasteiger partial charge in [-0.15, -0.1) is 0 Å². The Morgan fingerprint density at radius 1 is 1.00 bits per heavy atom. The summed E-state index contributed by atoms with van der Waals surface area (Å²) in [5.41, 5.74) is 1.66. The van der Waals surface area contributed by atoms with E-state index >= 15 is 0 Å². The Balaban J connectivity index is 1.73. The Morgan fingerprint density at radius 2 is 1.58 bits per heavy atom. The number of halogens is 1. The van der Waals surface area contributed by atoms with Gasteiger partial charge in [-0.3, -0.25) is 4.79 Å². The van der Waals surface area contributed by atoms with Crippen molar-refractivity contribution in [2.24, 2.45) is 0 Å². The van der Waals surface area contributed by atoms with E-state index in [-0.39, 0.29) is 36.1 Å². The van der Waals surface area contributed by atoms with Gasteiger partial charge in [0.2, 0.25) is 0 Å². The molecule has 170 valence electrons. The van der Waals surface area contributed by atoms with Gasteiger partial charge in [-0.25, -0.2) is 9.18 Å². The van der Waals surface area contributed by atoms with Gasteiger partial charge in [-0.1, -0.05) is 38.7 Å². The van der Waals surface area contributed by atoms with Crippen molar-refractivity contribution in [1.29, 1.82) is 0 Å². The lowest BCUT2D eigenvalue weighted by Gasteiger charge is -2.25. The SMILES string of the molecule is C=C(CCNC(=O)c1cc(F)c(NC2CCCCC2)cc1NC1CCCC1)C(=O)OC. The highest BCUT2D eigenvalue weighted by Gasteiger charge is 2.22. The first-order chi connectivity index (χ1) is 15.0. The molecule has 2 aliphatic carbocycles. The number of carbonyl (C=O) groups is 2. The molecule has 2 aliphatic rings. The third-order valence-corrected chi connectivity index (χ3v) is 6.22. The van der Waals surface area contributed by atoms with Crippen LogP contribution in [0.5, 0.6) is 0 Å². The summed E-state index contributed by atoms with van der Waals surface area (Å²) in [6.07, 6.45) is 10.3. The number of methoxy groups -OCH3 is 1. The van der Waals surface area contributed by atoms with Crippen LogP contribution in [0.2, 0.25) is 0 Å². The van der Waals surface area contributed by atoms with Crippen LogP contribution in [-0.2, 0) is 9.53 Å². The lowest BCUT2D eigenvalue weighted by atomic mass is 9.95. The summed E-state index contributed by atoms with van der Waals surface area (Å²) >= 11 is 0. The predicted molar refractivity (Wildman–Crippen MR) is 121 cm³/mol. The molecular weight excluding hydrogens is 397 g/mol. The fourth-order valence-corrected chi connectivity index (χ4v) is 4.42. The lowest BCUT2D eigenvalue weighted by molar-refractivity contribution is -0.136. The number of hydrogen-bond donors (Lipinski definition) is 3. The van der Waals surface area contributed by atoms with Gasteiger partial charge in [0.25, 0.3) is 5.91 Å². The molecule has 1 aromatic carbocycles. The molecule has 0 radical (unpaired) electrons. The molecule has 2 fully saturated rings. The van der Waals surface area contributed by atoms with Crippen molar-refractivity contribution in [3.63, 3.8) is 0 Å². The van der Waals surface area contributed by atoms with Gasteiger partial charge in [0.1, 0.15) is 5.82 Å². The molecule has 1 amide bonds. The van der Waals surface area contributed by atoms with Crippen LogP contribution in [0.4, 0.5) is 15.8 Å². The second-order valence-corrected chi connectivity index (χ2v) is 8.58. The van der Waals surface area contributed by atoms with E-state index in [9.17, 15) is 14.0 Å². The highest BCUT2D eigenvalue weighted by atomic mass is 19.1. The molecule has 0 unspecified atom stereocenters. The van der Waals surface area contributed by atoms with Crippen molar-refractivity contribution in [1.82, 2.24) is 5.32 Å². The minimum Gasteiger partial charge on any atom is -0.466 e. The number of esters is 1. The number of amides is 1. The summed E-state index contributed by atoms with van der Waals surface area (Å²) < 4.78 is 19.5. The van der Waals surface area contributed by atoms with E-state index in [2.05, 4.69) is 27.3 Å². The van der Waals surface area contributed by atoms with Crippen LogP contribution in [0.25, 0.3) is 0 Å². The van der Waals surface area contributed by atoms with Crippen LogP contribution in [0.3, 0.4) is 0 Å². The van der Waals surface area contributed by atoms with Crippen LogP contribution in [0, 0.1) is 5.82 Å². The van der Waals surface area contributed by atoms with Gasteiger partial charge >= 0.3 is 5.97 Å². The molecule has 7 heteroatoms. The second-order valence-electron chi connectivity index (χ2n) is 8.58. The summed E-state index contributed by atoms with van der Waals surface area (Å²) in [4.78, 5) is 24.3. The van der Waals surface area contributed by atoms with Crippen LogP contribution in [-0.4, -0.2) is 37.6 Å². The Bertz CT molecular complexity index is 800. The molecule has 3 N–H and O–H groups in total. The molecule has 0 spiro atoms. The maximum absolute atomic E-state index is 14.9. The van der Waals surface area contributed by atoms with E-state index in [0.29, 0.717) is 17.4 Å². The molecule has 0 aromatic heterocycles. The van der Waals surface area contributed by atoms with E-state index < -0.39 is 11.8 Å². The average molecular weight is 432 g/mol. The van der Waals surface area contributed by atoms with Gasteiger partial charge in [0.05, 0.1) is 18.4 Å². The number of anilines is 2.